The van der Waals surface area contributed by atoms with E-state index in [2.05, 4.69) is 15.4 Å². The Labute approximate surface area is 116 Å². The minimum atomic E-state index is -2.98. The van der Waals surface area contributed by atoms with Gasteiger partial charge in [-0.05, 0) is 24.7 Å². The summed E-state index contributed by atoms with van der Waals surface area (Å²) in [5, 5.41) is 5.72. The third kappa shape index (κ3) is 5.00. The Morgan fingerprint density at radius 2 is 2.05 bits per heavy atom. The summed E-state index contributed by atoms with van der Waals surface area (Å²) in [6, 6.07) is 4.13. The van der Waals surface area contributed by atoms with Crippen molar-refractivity contribution in [2.45, 2.75) is 13.5 Å². The molecular weight excluding hydrogens is 270 g/mol. The fourth-order valence-corrected chi connectivity index (χ4v) is 1.55. The highest BCUT2D eigenvalue weighted by molar-refractivity contribution is 5.94. The normalized spacial score (nSPS) is 10.4. The Kier molecular flexibility index (Phi) is 6.72. The van der Waals surface area contributed by atoms with Crippen molar-refractivity contribution in [3.05, 3.63) is 23.8 Å². The standard InChI is InChI=1S/C13H18F2N2O3/c1-3-16-6-7-17-12(18)9-4-5-10(19-2)11(8-9)20-13(14)15/h4-5,8,13,16H,3,6-7H2,1-2H3,(H,17,18). The van der Waals surface area contributed by atoms with Gasteiger partial charge in [0.15, 0.2) is 11.5 Å². The van der Waals surface area contributed by atoms with Gasteiger partial charge in [-0.3, -0.25) is 4.79 Å². The smallest absolute Gasteiger partial charge is 0.387 e. The van der Waals surface area contributed by atoms with E-state index in [9.17, 15) is 13.6 Å². The molecule has 5 nitrogen and oxygen atoms in total. The molecule has 0 fully saturated rings. The van der Waals surface area contributed by atoms with Crippen LogP contribution in [0.25, 0.3) is 0 Å². The van der Waals surface area contributed by atoms with Gasteiger partial charge in [0.1, 0.15) is 0 Å². The minimum absolute atomic E-state index is 0.148. The molecule has 20 heavy (non-hydrogen) atoms. The lowest BCUT2D eigenvalue weighted by atomic mass is 10.2. The van der Waals surface area contributed by atoms with Gasteiger partial charge < -0.3 is 20.1 Å². The summed E-state index contributed by atoms with van der Waals surface area (Å²) in [7, 11) is 1.34. The van der Waals surface area contributed by atoms with Crippen molar-refractivity contribution in [3.8, 4) is 11.5 Å². The Morgan fingerprint density at radius 3 is 2.65 bits per heavy atom. The third-order valence-corrected chi connectivity index (χ3v) is 2.48. The Hall–Kier alpha value is -1.89. The van der Waals surface area contributed by atoms with Gasteiger partial charge in [0.2, 0.25) is 0 Å². The second-order valence-corrected chi connectivity index (χ2v) is 3.85. The van der Waals surface area contributed by atoms with E-state index >= 15 is 0 Å². The van der Waals surface area contributed by atoms with Crippen molar-refractivity contribution in [2.24, 2.45) is 0 Å². The van der Waals surface area contributed by atoms with Gasteiger partial charge in [-0.2, -0.15) is 8.78 Å². The predicted octanol–water partition coefficient (Wildman–Crippen LogP) is 1.64. The maximum atomic E-state index is 12.3. The van der Waals surface area contributed by atoms with E-state index in [0.717, 1.165) is 6.54 Å². The molecule has 0 spiro atoms. The van der Waals surface area contributed by atoms with Crippen LogP contribution in [0.1, 0.15) is 17.3 Å². The van der Waals surface area contributed by atoms with Gasteiger partial charge >= 0.3 is 6.61 Å². The highest BCUT2D eigenvalue weighted by Crippen LogP contribution is 2.29. The average molecular weight is 288 g/mol. The molecule has 7 heteroatoms. The number of hydrogen-bond acceptors (Lipinski definition) is 4. The first-order chi connectivity index (χ1) is 9.58. The lowest BCUT2D eigenvalue weighted by Gasteiger charge is -2.11. The van der Waals surface area contributed by atoms with E-state index < -0.39 is 6.61 Å². The number of halogens is 2. The van der Waals surface area contributed by atoms with Gasteiger partial charge in [0.05, 0.1) is 7.11 Å². The highest BCUT2D eigenvalue weighted by Gasteiger charge is 2.14. The first kappa shape index (κ1) is 16.2. The van der Waals surface area contributed by atoms with Crippen LogP contribution in [-0.4, -0.2) is 39.3 Å². The summed E-state index contributed by atoms with van der Waals surface area (Å²) in [4.78, 5) is 11.8. The van der Waals surface area contributed by atoms with Crippen LogP contribution < -0.4 is 20.1 Å². The molecule has 0 radical (unpaired) electrons. The van der Waals surface area contributed by atoms with Crippen LogP contribution in [-0.2, 0) is 0 Å². The Bertz CT molecular complexity index is 442. The van der Waals surface area contributed by atoms with Crippen LogP contribution in [0.15, 0.2) is 18.2 Å². The van der Waals surface area contributed by atoms with Crippen LogP contribution in [0.5, 0.6) is 11.5 Å². The summed E-state index contributed by atoms with van der Waals surface area (Å²) in [6.45, 7) is 0.878. The highest BCUT2D eigenvalue weighted by atomic mass is 19.3. The fraction of sp³-hybridized carbons (Fsp3) is 0.462. The zero-order valence-electron chi connectivity index (χ0n) is 11.4. The van der Waals surface area contributed by atoms with Gasteiger partial charge in [0.25, 0.3) is 5.91 Å². The van der Waals surface area contributed by atoms with Crippen molar-refractivity contribution in [1.29, 1.82) is 0 Å². The number of rotatable bonds is 8. The largest absolute Gasteiger partial charge is 0.493 e. The van der Waals surface area contributed by atoms with Gasteiger partial charge in [0, 0.05) is 18.7 Å². The maximum absolute atomic E-state index is 12.3. The molecule has 0 atom stereocenters. The molecular formula is C13H18F2N2O3. The van der Waals surface area contributed by atoms with Gasteiger partial charge in [-0.1, -0.05) is 6.92 Å². The quantitative estimate of drug-likeness (QED) is 0.714. The molecule has 112 valence electrons. The number of carbonyl (C=O) groups is 1. The summed E-state index contributed by atoms with van der Waals surface area (Å²) >= 11 is 0. The van der Waals surface area contributed by atoms with Crippen LogP contribution in [0.4, 0.5) is 8.78 Å². The second kappa shape index (κ2) is 8.31. The summed E-state index contributed by atoms with van der Waals surface area (Å²) < 4.78 is 33.8. The maximum Gasteiger partial charge on any atom is 0.387 e. The Morgan fingerprint density at radius 1 is 1.30 bits per heavy atom. The number of nitrogens with one attached hydrogen (secondary N) is 2. The molecule has 0 aliphatic rings. The summed E-state index contributed by atoms with van der Waals surface area (Å²) in [5.41, 5.74) is 0.234. The minimum Gasteiger partial charge on any atom is -0.493 e. The van der Waals surface area contributed by atoms with E-state index in [-0.39, 0.29) is 23.0 Å². The van der Waals surface area contributed by atoms with Gasteiger partial charge in [-0.15, -0.1) is 0 Å². The van der Waals surface area contributed by atoms with Crippen LogP contribution >= 0.6 is 0 Å². The first-order valence-corrected chi connectivity index (χ1v) is 6.20. The lowest BCUT2D eigenvalue weighted by Crippen LogP contribution is -2.31. The molecule has 1 rings (SSSR count). The summed E-state index contributed by atoms with van der Waals surface area (Å²) in [5.74, 6) is -0.374. The van der Waals surface area contributed by atoms with E-state index in [0.29, 0.717) is 13.1 Å². The number of amides is 1. The predicted molar refractivity (Wildman–Crippen MR) is 70.5 cm³/mol. The molecule has 2 N–H and O–H groups in total. The summed E-state index contributed by atoms with van der Waals surface area (Å²) in [6.07, 6.45) is 0. The number of benzene rings is 1. The third-order valence-electron chi connectivity index (χ3n) is 2.48. The average Bonchev–Trinajstić information content (AvgIpc) is 2.42. The Balaban J connectivity index is 2.72. The molecule has 0 heterocycles. The van der Waals surface area contributed by atoms with E-state index in [4.69, 9.17) is 4.74 Å². The van der Waals surface area contributed by atoms with Crippen LogP contribution in [0.3, 0.4) is 0 Å². The monoisotopic (exact) mass is 288 g/mol. The molecule has 0 aliphatic heterocycles. The zero-order valence-corrected chi connectivity index (χ0v) is 11.4. The number of methoxy groups -OCH3 is 1. The van der Waals surface area contributed by atoms with E-state index in [1.807, 2.05) is 6.92 Å². The number of hydrogen-bond donors (Lipinski definition) is 2. The van der Waals surface area contributed by atoms with E-state index in [1.54, 1.807) is 0 Å². The number of alkyl halides is 2. The second-order valence-electron chi connectivity index (χ2n) is 3.85. The fourth-order valence-electron chi connectivity index (χ4n) is 1.55. The van der Waals surface area contributed by atoms with Crippen molar-refractivity contribution < 1.29 is 23.0 Å². The molecule has 0 aliphatic carbocycles. The van der Waals surface area contributed by atoms with E-state index in [1.165, 1.54) is 25.3 Å². The lowest BCUT2D eigenvalue weighted by molar-refractivity contribution is -0.0512. The number of ether oxygens (including phenoxy) is 2. The SMILES string of the molecule is CCNCCNC(=O)c1ccc(OC)c(OC(F)F)c1. The van der Waals surface area contributed by atoms with Crippen molar-refractivity contribution in [2.75, 3.05) is 26.7 Å². The molecule has 0 aromatic heterocycles. The molecule has 0 unspecified atom stereocenters. The molecule has 0 saturated heterocycles. The number of likely N-dealkylation sites (N-methyl/N-ethyl adjacent to an activating group) is 1. The number of carbonyl (C=O) groups excluding carboxylic acids is 1. The zero-order chi connectivity index (χ0) is 15.0. The first-order valence-electron chi connectivity index (χ1n) is 6.20. The molecule has 1 amide bonds. The van der Waals surface area contributed by atoms with Crippen molar-refractivity contribution in [1.82, 2.24) is 10.6 Å². The van der Waals surface area contributed by atoms with Gasteiger partial charge in [-0.25, -0.2) is 0 Å². The van der Waals surface area contributed by atoms with Crippen molar-refractivity contribution >= 4 is 5.91 Å². The molecule has 1 aromatic rings. The van der Waals surface area contributed by atoms with Crippen LogP contribution in [0.2, 0.25) is 0 Å². The molecule has 1 aromatic carbocycles. The molecule has 0 bridgehead atoms. The van der Waals surface area contributed by atoms with Crippen molar-refractivity contribution in [3.63, 3.8) is 0 Å². The topological polar surface area (TPSA) is 59.6 Å². The van der Waals surface area contributed by atoms with Crippen LogP contribution in [0, 0.1) is 0 Å². The molecule has 0 saturated carbocycles.